The number of nitrogens with zero attached hydrogens (tertiary/aromatic N) is 2. The first-order valence-electron chi connectivity index (χ1n) is 8.04. The van der Waals surface area contributed by atoms with E-state index in [1.54, 1.807) is 6.07 Å². The minimum Gasteiger partial charge on any atom is -0.350 e. The molecular weight excluding hydrogens is 338 g/mol. The molecule has 1 N–H and O–H groups in total. The van der Waals surface area contributed by atoms with Crippen molar-refractivity contribution in [2.75, 3.05) is 0 Å². The number of rotatable bonds is 6. The Kier molecular flexibility index (Phi) is 5.46. The molecule has 0 bridgehead atoms. The first kappa shape index (κ1) is 17.2. The molecule has 6 heteroatoms. The van der Waals surface area contributed by atoms with Gasteiger partial charge in [0, 0.05) is 23.4 Å². The smallest absolute Gasteiger partial charge is 0.227 e. The lowest BCUT2D eigenvalue weighted by Crippen LogP contribution is -2.26. The van der Waals surface area contributed by atoms with Gasteiger partial charge in [-0.05, 0) is 24.6 Å². The monoisotopic (exact) mass is 355 g/mol. The SMILES string of the molecule is C[C@@H](NC(=O)CCc1nc(-c2ccccc2)no1)c1cccc(Cl)c1. The van der Waals surface area contributed by atoms with E-state index in [4.69, 9.17) is 16.1 Å². The summed E-state index contributed by atoms with van der Waals surface area (Å²) in [6.07, 6.45) is 0.676. The fourth-order valence-corrected chi connectivity index (χ4v) is 2.65. The molecule has 0 saturated carbocycles. The molecule has 1 heterocycles. The molecule has 1 amide bonds. The fourth-order valence-electron chi connectivity index (χ4n) is 2.45. The highest BCUT2D eigenvalue weighted by Gasteiger charge is 2.13. The Morgan fingerprint density at radius 1 is 1.20 bits per heavy atom. The van der Waals surface area contributed by atoms with Crippen molar-refractivity contribution in [3.8, 4) is 11.4 Å². The first-order chi connectivity index (χ1) is 12.1. The minimum atomic E-state index is -0.117. The number of aryl methyl sites for hydroxylation is 1. The second-order valence-electron chi connectivity index (χ2n) is 5.72. The molecule has 1 aromatic heterocycles. The van der Waals surface area contributed by atoms with Crippen LogP contribution in [0.5, 0.6) is 0 Å². The molecule has 0 saturated heterocycles. The summed E-state index contributed by atoms with van der Waals surface area (Å²) in [5, 5.41) is 7.55. The largest absolute Gasteiger partial charge is 0.350 e. The van der Waals surface area contributed by atoms with E-state index in [9.17, 15) is 4.79 Å². The molecule has 0 aliphatic rings. The zero-order valence-electron chi connectivity index (χ0n) is 13.8. The molecule has 0 aliphatic heterocycles. The van der Waals surface area contributed by atoms with E-state index in [0.29, 0.717) is 23.2 Å². The van der Waals surface area contributed by atoms with E-state index < -0.39 is 0 Å². The molecule has 2 aromatic carbocycles. The van der Waals surface area contributed by atoms with Crippen molar-refractivity contribution in [3.63, 3.8) is 0 Å². The number of benzene rings is 2. The Labute approximate surface area is 151 Å². The van der Waals surface area contributed by atoms with Crippen molar-refractivity contribution in [1.82, 2.24) is 15.5 Å². The number of nitrogens with one attached hydrogen (secondary N) is 1. The Morgan fingerprint density at radius 2 is 2.00 bits per heavy atom. The van der Waals surface area contributed by atoms with Gasteiger partial charge in [-0.25, -0.2) is 0 Å². The van der Waals surface area contributed by atoms with Gasteiger partial charge in [0.2, 0.25) is 17.6 Å². The summed E-state index contributed by atoms with van der Waals surface area (Å²) in [6, 6.07) is 16.9. The number of aromatic nitrogens is 2. The van der Waals surface area contributed by atoms with Crippen LogP contribution in [0, 0.1) is 0 Å². The molecule has 5 nitrogen and oxygen atoms in total. The van der Waals surface area contributed by atoms with Crippen molar-refractivity contribution in [2.24, 2.45) is 0 Å². The summed E-state index contributed by atoms with van der Waals surface area (Å²) < 4.78 is 5.22. The lowest BCUT2D eigenvalue weighted by Gasteiger charge is -2.14. The van der Waals surface area contributed by atoms with Gasteiger partial charge < -0.3 is 9.84 Å². The number of amides is 1. The molecule has 128 valence electrons. The van der Waals surface area contributed by atoms with Crippen molar-refractivity contribution in [2.45, 2.75) is 25.8 Å². The normalized spacial score (nSPS) is 11.9. The molecule has 25 heavy (non-hydrogen) atoms. The summed E-state index contributed by atoms with van der Waals surface area (Å²) in [5.74, 6) is 0.902. The topological polar surface area (TPSA) is 68.0 Å². The van der Waals surface area contributed by atoms with Crippen LogP contribution in [0.3, 0.4) is 0 Å². The number of carbonyl (C=O) groups excluding carboxylic acids is 1. The number of hydrogen-bond donors (Lipinski definition) is 1. The van der Waals surface area contributed by atoms with Gasteiger partial charge in [-0.1, -0.05) is 59.2 Å². The Bertz CT molecular complexity index is 849. The molecule has 0 fully saturated rings. The summed E-state index contributed by atoms with van der Waals surface area (Å²) in [5.41, 5.74) is 1.85. The van der Waals surface area contributed by atoms with Crippen molar-refractivity contribution < 1.29 is 9.32 Å². The van der Waals surface area contributed by atoms with Gasteiger partial charge in [0.25, 0.3) is 0 Å². The maximum Gasteiger partial charge on any atom is 0.227 e. The predicted molar refractivity (Wildman–Crippen MR) is 96.1 cm³/mol. The van der Waals surface area contributed by atoms with Gasteiger partial charge in [0.05, 0.1) is 6.04 Å². The van der Waals surface area contributed by atoms with Gasteiger partial charge >= 0.3 is 0 Å². The highest BCUT2D eigenvalue weighted by Crippen LogP contribution is 2.18. The third-order valence-electron chi connectivity index (χ3n) is 3.79. The average molecular weight is 356 g/mol. The molecule has 3 aromatic rings. The van der Waals surface area contributed by atoms with Gasteiger partial charge in [0.1, 0.15) is 0 Å². The maximum atomic E-state index is 12.1. The van der Waals surface area contributed by atoms with Crippen molar-refractivity contribution in [3.05, 3.63) is 71.1 Å². The van der Waals surface area contributed by atoms with Crippen LogP contribution in [0.2, 0.25) is 5.02 Å². The van der Waals surface area contributed by atoms with Gasteiger partial charge in [-0.3, -0.25) is 4.79 Å². The summed E-state index contributed by atoms with van der Waals surface area (Å²) in [7, 11) is 0. The van der Waals surface area contributed by atoms with E-state index in [2.05, 4.69) is 15.5 Å². The van der Waals surface area contributed by atoms with Gasteiger partial charge in [-0.2, -0.15) is 4.98 Å². The van der Waals surface area contributed by atoms with E-state index in [0.717, 1.165) is 11.1 Å². The lowest BCUT2D eigenvalue weighted by molar-refractivity contribution is -0.121. The minimum absolute atomic E-state index is 0.0769. The van der Waals surface area contributed by atoms with E-state index in [1.165, 1.54) is 0 Å². The molecule has 0 spiro atoms. The zero-order valence-corrected chi connectivity index (χ0v) is 14.5. The number of carbonyl (C=O) groups is 1. The van der Waals surface area contributed by atoms with Crippen molar-refractivity contribution in [1.29, 1.82) is 0 Å². The van der Waals surface area contributed by atoms with Crippen LogP contribution in [0.1, 0.15) is 30.8 Å². The Hall–Kier alpha value is -2.66. The van der Waals surface area contributed by atoms with Crippen LogP contribution in [-0.2, 0) is 11.2 Å². The lowest BCUT2D eigenvalue weighted by atomic mass is 10.1. The maximum absolute atomic E-state index is 12.1. The fraction of sp³-hybridized carbons (Fsp3) is 0.211. The van der Waals surface area contributed by atoms with E-state index in [1.807, 2.05) is 55.5 Å². The van der Waals surface area contributed by atoms with Gasteiger partial charge in [0.15, 0.2) is 0 Å². The Balaban J connectivity index is 1.53. The molecular formula is C19H18ClN3O2. The van der Waals surface area contributed by atoms with Crippen molar-refractivity contribution >= 4 is 17.5 Å². The second-order valence-corrected chi connectivity index (χ2v) is 6.16. The number of halogens is 1. The summed E-state index contributed by atoms with van der Waals surface area (Å²) >= 11 is 5.98. The molecule has 0 unspecified atom stereocenters. The summed E-state index contributed by atoms with van der Waals surface area (Å²) in [6.45, 7) is 1.92. The molecule has 3 rings (SSSR count). The molecule has 0 radical (unpaired) electrons. The van der Waals surface area contributed by atoms with E-state index in [-0.39, 0.29) is 18.4 Å². The van der Waals surface area contributed by atoms with Gasteiger partial charge in [-0.15, -0.1) is 0 Å². The number of hydrogen-bond acceptors (Lipinski definition) is 4. The van der Waals surface area contributed by atoms with E-state index >= 15 is 0 Å². The third kappa shape index (κ3) is 4.67. The highest BCUT2D eigenvalue weighted by atomic mass is 35.5. The predicted octanol–water partition coefficient (Wildman–Crippen LogP) is 4.20. The molecule has 0 aliphatic carbocycles. The third-order valence-corrected chi connectivity index (χ3v) is 4.03. The first-order valence-corrected chi connectivity index (χ1v) is 8.42. The zero-order chi connectivity index (χ0) is 17.6. The van der Waals surface area contributed by atoms with Crippen LogP contribution >= 0.6 is 11.6 Å². The van der Waals surface area contributed by atoms with Crippen LogP contribution < -0.4 is 5.32 Å². The van der Waals surface area contributed by atoms with Crippen LogP contribution in [-0.4, -0.2) is 16.0 Å². The Morgan fingerprint density at radius 3 is 2.76 bits per heavy atom. The standard InChI is InChI=1S/C19H18ClN3O2/c1-13(15-8-5-9-16(20)12-15)21-17(24)10-11-18-22-19(23-25-18)14-6-3-2-4-7-14/h2-9,12-13H,10-11H2,1H3,(H,21,24)/t13-/m1/s1. The highest BCUT2D eigenvalue weighted by molar-refractivity contribution is 6.30. The van der Waals surface area contributed by atoms with Crippen LogP contribution in [0.15, 0.2) is 59.1 Å². The quantitative estimate of drug-likeness (QED) is 0.719. The summed E-state index contributed by atoms with van der Waals surface area (Å²) in [4.78, 5) is 16.5. The molecule has 1 atom stereocenters. The average Bonchev–Trinajstić information content (AvgIpc) is 3.10. The van der Waals surface area contributed by atoms with Crippen LogP contribution in [0.4, 0.5) is 0 Å². The second kappa shape index (κ2) is 7.94. The van der Waals surface area contributed by atoms with Crippen LogP contribution in [0.25, 0.3) is 11.4 Å².